The molecule has 0 atom stereocenters. The van der Waals surface area contributed by atoms with Crippen LogP contribution in [0.4, 0.5) is 0 Å². The third kappa shape index (κ3) is 3.96. The van der Waals surface area contributed by atoms with Crippen LogP contribution in [-0.2, 0) is 4.74 Å². The molecular formula is C22H19BrO6. The van der Waals surface area contributed by atoms with Crippen LogP contribution in [0.25, 0.3) is 11.0 Å². The first-order valence-corrected chi connectivity index (χ1v) is 9.74. The van der Waals surface area contributed by atoms with E-state index in [1.807, 2.05) is 19.9 Å². The van der Waals surface area contributed by atoms with Crippen molar-refractivity contribution in [1.29, 1.82) is 0 Å². The third-order valence-corrected chi connectivity index (χ3v) is 5.11. The van der Waals surface area contributed by atoms with Gasteiger partial charge in [-0.2, -0.15) is 0 Å². The van der Waals surface area contributed by atoms with Gasteiger partial charge in [-0.05, 0) is 67.4 Å². The average molecular weight is 459 g/mol. The molecule has 0 saturated heterocycles. The maximum Gasteiger partial charge on any atom is 0.343 e. The molecule has 6 nitrogen and oxygen atoms in total. The van der Waals surface area contributed by atoms with Crippen LogP contribution >= 0.6 is 15.9 Å². The van der Waals surface area contributed by atoms with E-state index in [0.717, 1.165) is 11.1 Å². The van der Waals surface area contributed by atoms with E-state index in [1.165, 1.54) is 0 Å². The second kappa shape index (κ2) is 8.21. The number of fused-ring (bicyclic) bond motifs is 1. The number of furan rings is 1. The van der Waals surface area contributed by atoms with Crippen molar-refractivity contribution in [1.82, 2.24) is 0 Å². The van der Waals surface area contributed by atoms with Crippen LogP contribution in [0, 0.1) is 20.8 Å². The lowest BCUT2D eigenvalue weighted by Crippen LogP contribution is -2.10. The van der Waals surface area contributed by atoms with Crippen molar-refractivity contribution in [2.24, 2.45) is 0 Å². The number of halogens is 1. The van der Waals surface area contributed by atoms with Crippen molar-refractivity contribution in [3.63, 3.8) is 0 Å². The van der Waals surface area contributed by atoms with E-state index in [2.05, 4.69) is 15.9 Å². The van der Waals surface area contributed by atoms with Crippen LogP contribution < -0.4 is 4.74 Å². The topological polar surface area (TPSA) is 82.8 Å². The number of rotatable bonds is 5. The number of benzene rings is 2. The molecule has 3 aromatic rings. The average Bonchev–Trinajstić information content (AvgIpc) is 3.06. The van der Waals surface area contributed by atoms with E-state index in [4.69, 9.17) is 13.9 Å². The lowest BCUT2D eigenvalue weighted by molar-refractivity contribution is 0.0524. The van der Waals surface area contributed by atoms with Crippen LogP contribution in [0.3, 0.4) is 0 Å². The van der Waals surface area contributed by atoms with Gasteiger partial charge < -0.3 is 13.9 Å². The largest absolute Gasteiger partial charge is 0.462 e. The van der Waals surface area contributed by atoms with E-state index in [9.17, 15) is 14.4 Å². The van der Waals surface area contributed by atoms with Crippen molar-refractivity contribution >= 4 is 45.1 Å². The maximum absolute atomic E-state index is 12.7. The second-order valence-electron chi connectivity index (χ2n) is 6.66. The van der Waals surface area contributed by atoms with Crippen molar-refractivity contribution in [2.45, 2.75) is 27.7 Å². The molecule has 0 aliphatic carbocycles. The van der Waals surface area contributed by atoms with Crippen molar-refractivity contribution < 1.29 is 28.3 Å². The van der Waals surface area contributed by atoms with Crippen LogP contribution in [0.1, 0.15) is 54.9 Å². The fourth-order valence-corrected chi connectivity index (χ4v) is 3.77. The van der Waals surface area contributed by atoms with E-state index in [1.54, 1.807) is 32.0 Å². The van der Waals surface area contributed by atoms with Crippen molar-refractivity contribution in [3.8, 4) is 5.75 Å². The molecule has 0 aliphatic rings. The molecule has 0 radical (unpaired) electrons. The first-order valence-electron chi connectivity index (χ1n) is 8.95. The lowest BCUT2D eigenvalue weighted by atomic mass is 10.1. The minimum atomic E-state index is -0.689. The third-order valence-electron chi connectivity index (χ3n) is 4.32. The number of aryl methyl sites for hydroxylation is 3. The summed E-state index contributed by atoms with van der Waals surface area (Å²) in [4.78, 5) is 36.5. The number of ether oxygens (including phenoxy) is 2. The van der Waals surface area contributed by atoms with Crippen LogP contribution in [0.2, 0.25) is 0 Å². The molecule has 150 valence electrons. The molecule has 2 aromatic carbocycles. The van der Waals surface area contributed by atoms with Gasteiger partial charge in [-0.1, -0.05) is 17.2 Å². The Hall–Kier alpha value is -2.93. The highest BCUT2D eigenvalue weighted by Gasteiger charge is 2.27. The van der Waals surface area contributed by atoms with Gasteiger partial charge in [0.25, 0.3) is 0 Å². The highest BCUT2D eigenvalue weighted by molar-refractivity contribution is 9.10. The summed E-state index contributed by atoms with van der Waals surface area (Å²) < 4.78 is 16.6. The molecule has 0 saturated carbocycles. The van der Waals surface area contributed by atoms with Crippen molar-refractivity contribution in [3.05, 3.63) is 62.3 Å². The summed E-state index contributed by atoms with van der Waals surface area (Å²) in [5.74, 6) is -1.15. The summed E-state index contributed by atoms with van der Waals surface area (Å²) in [5.41, 5.74) is 3.24. The first kappa shape index (κ1) is 20.8. The zero-order valence-corrected chi connectivity index (χ0v) is 18.0. The summed E-state index contributed by atoms with van der Waals surface area (Å²) in [5, 5.41) is 0.328. The highest BCUT2D eigenvalue weighted by Crippen LogP contribution is 2.40. The Labute approximate surface area is 175 Å². The normalized spacial score (nSPS) is 10.8. The minimum absolute atomic E-state index is 0.00359. The molecule has 0 aliphatic heterocycles. The molecule has 29 heavy (non-hydrogen) atoms. The fraction of sp³-hybridized carbons (Fsp3) is 0.227. The van der Waals surface area contributed by atoms with E-state index in [0.29, 0.717) is 32.9 Å². The lowest BCUT2D eigenvalue weighted by Gasteiger charge is -2.10. The number of carbonyl (C=O) groups is 3. The Morgan fingerprint density at radius 3 is 2.31 bits per heavy atom. The SMILES string of the molecule is CCOC(=O)c1c(C=O)oc2c(C)cc(OC(=O)c3cc(C)cc(C)c3)c(Br)c12. The fourth-order valence-electron chi connectivity index (χ4n) is 3.20. The molecule has 1 heterocycles. The number of hydrogen-bond donors (Lipinski definition) is 0. The molecular weight excluding hydrogens is 440 g/mol. The van der Waals surface area contributed by atoms with Crippen LogP contribution in [-0.4, -0.2) is 24.8 Å². The monoisotopic (exact) mass is 458 g/mol. The highest BCUT2D eigenvalue weighted by atomic mass is 79.9. The summed E-state index contributed by atoms with van der Waals surface area (Å²) in [7, 11) is 0. The van der Waals surface area contributed by atoms with E-state index in [-0.39, 0.29) is 23.7 Å². The second-order valence-corrected chi connectivity index (χ2v) is 7.45. The van der Waals surface area contributed by atoms with Crippen molar-refractivity contribution in [2.75, 3.05) is 6.61 Å². The Morgan fingerprint density at radius 2 is 1.72 bits per heavy atom. The molecule has 0 N–H and O–H groups in total. The van der Waals surface area contributed by atoms with Gasteiger partial charge in [0.1, 0.15) is 16.9 Å². The first-order chi connectivity index (χ1) is 13.8. The van der Waals surface area contributed by atoms with Gasteiger partial charge in [0.05, 0.1) is 22.0 Å². The zero-order valence-electron chi connectivity index (χ0n) is 16.4. The molecule has 0 spiro atoms. The summed E-state index contributed by atoms with van der Waals surface area (Å²) in [6, 6.07) is 7.04. The van der Waals surface area contributed by atoms with Gasteiger partial charge in [0, 0.05) is 0 Å². The minimum Gasteiger partial charge on any atom is -0.462 e. The number of aldehydes is 1. The summed E-state index contributed by atoms with van der Waals surface area (Å²) in [6.07, 6.45) is 0.458. The molecule has 0 unspecified atom stereocenters. The predicted octanol–water partition coefficient (Wildman–Crippen LogP) is 5.33. The number of esters is 2. The molecule has 0 fully saturated rings. The van der Waals surface area contributed by atoms with Gasteiger partial charge in [-0.3, -0.25) is 4.79 Å². The van der Waals surface area contributed by atoms with E-state index < -0.39 is 11.9 Å². The molecule has 0 amide bonds. The Morgan fingerprint density at radius 1 is 1.07 bits per heavy atom. The Kier molecular flexibility index (Phi) is 5.88. The molecule has 7 heteroatoms. The van der Waals surface area contributed by atoms with Gasteiger partial charge >= 0.3 is 11.9 Å². The van der Waals surface area contributed by atoms with Gasteiger partial charge in [0.15, 0.2) is 12.0 Å². The van der Waals surface area contributed by atoms with Gasteiger partial charge in [0.2, 0.25) is 0 Å². The van der Waals surface area contributed by atoms with Crippen LogP contribution in [0.5, 0.6) is 5.75 Å². The Bertz CT molecular complexity index is 1120. The molecule has 0 bridgehead atoms. The summed E-state index contributed by atoms with van der Waals surface area (Å²) in [6.45, 7) is 7.33. The van der Waals surface area contributed by atoms with Crippen LogP contribution in [0.15, 0.2) is 33.2 Å². The number of hydrogen-bond acceptors (Lipinski definition) is 6. The summed E-state index contributed by atoms with van der Waals surface area (Å²) >= 11 is 3.40. The van der Waals surface area contributed by atoms with E-state index >= 15 is 0 Å². The zero-order chi connectivity index (χ0) is 21.3. The standard InChI is InChI=1S/C22H19BrO6/c1-5-27-22(26)17-16(10-24)28-20-13(4)9-15(19(23)18(17)20)29-21(25)14-7-11(2)6-12(3)8-14/h6-10H,5H2,1-4H3. The predicted molar refractivity (Wildman–Crippen MR) is 111 cm³/mol. The molecule has 1 aromatic heterocycles. The quantitative estimate of drug-likeness (QED) is 0.292. The van der Waals surface area contributed by atoms with Gasteiger partial charge in [-0.25, -0.2) is 9.59 Å². The van der Waals surface area contributed by atoms with Gasteiger partial charge in [-0.15, -0.1) is 0 Å². The smallest absolute Gasteiger partial charge is 0.343 e. The Balaban J connectivity index is 2.13. The molecule has 3 rings (SSSR count). The maximum atomic E-state index is 12.7. The number of carbonyl (C=O) groups excluding carboxylic acids is 3.